The summed E-state index contributed by atoms with van der Waals surface area (Å²) >= 11 is 0. The Morgan fingerprint density at radius 1 is 0.897 bits per heavy atom. The lowest BCUT2D eigenvalue weighted by Crippen LogP contribution is -2.39. The second kappa shape index (κ2) is 24.6. The van der Waals surface area contributed by atoms with Crippen LogP contribution in [0, 0.1) is 18.3 Å². The quantitative estimate of drug-likeness (QED) is 0.0585. The number of amides is 1. The van der Waals surface area contributed by atoms with Crippen LogP contribution in [0.1, 0.15) is 112 Å². The van der Waals surface area contributed by atoms with Crippen LogP contribution < -0.4 is 14.8 Å². The molecule has 2 fully saturated rings. The largest absolute Gasteiger partial charge is 0.493 e. The van der Waals surface area contributed by atoms with Gasteiger partial charge >= 0.3 is 0 Å². The Kier molecular flexibility index (Phi) is 22.3. The highest BCUT2D eigenvalue weighted by atomic mass is 32.2. The molecule has 0 spiro atoms. The molecule has 2 aromatic carbocycles. The van der Waals surface area contributed by atoms with Crippen LogP contribution in [-0.4, -0.2) is 105 Å². The summed E-state index contributed by atoms with van der Waals surface area (Å²) in [6.45, 7) is 26.6. The fourth-order valence-corrected chi connectivity index (χ4v) is 6.93. The number of carbonyl (C=O) groups is 1. The van der Waals surface area contributed by atoms with Gasteiger partial charge in [-0.1, -0.05) is 63.0 Å². The van der Waals surface area contributed by atoms with E-state index in [1.807, 2.05) is 52.0 Å². The molecule has 0 bridgehead atoms. The zero-order valence-electron chi connectivity index (χ0n) is 37.2. The van der Waals surface area contributed by atoms with Gasteiger partial charge in [0.1, 0.15) is 30.8 Å². The molecule has 1 saturated heterocycles. The first-order valence-electron chi connectivity index (χ1n) is 20.2. The first-order chi connectivity index (χ1) is 26.8. The Balaban J connectivity index is 0.000000540. The minimum absolute atomic E-state index is 0.0176. The van der Waals surface area contributed by atoms with E-state index < -0.39 is 21.8 Å². The van der Waals surface area contributed by atoms with Crippen LogP contribution in [0.25, 0.3) is 0 Å². The van der Waals surface area contributed by atoms with E-state index in [1.54, 1.807) is 20.8 Å². The van der Waals surface area contributed by atoms with Gasteiger partial charge in [0.05, 0.1) is 25.1 Å². The second-order valence-corrected chi connectivity index (χ2v) is 19.6. The summed E-state index contributed by atoms with van der Waals surface area (Å²) in [5.74, 6) is 3.93. The molecular formula is C46H74N2O9S. The highest BCUT2D eigenvalue weighted by Crippen LogP contribution is 2.45. The maximum Gasteiger partial charge on any atom is 0.264 e. The third-order valence-corrected chi connectivity index (χ3v) is 9.59. The molecule has 3 N–H and O–H groups in total. The van der Waals surface area contributed by atoms with Crippen molar-refractivity contribution >= 4 is 16.0 Å². The summed E-state index contributed by atoms with van der Waals surface area (Å²) in [7, 11) is -3.28. The molecule has 1 amide bonds. The monoisotopic (exact) mass is 831 g/mol. The molecule has 2 aliphatic rings. The number of benzene rings is 2. The van der Waals surface area contributed by atoms with Crippen molar-refractivity contribution < 1.29 is 41.8 Å². The smallest absolute Gasteiger partial charge is 0.264 e. The molecule has 1 saturated carbocycles. The predicted octanol–water partition coefficient (Wildman–Crippen LogP) is 7.28. The van der Waals surface area contributed by atoms with Crippen molar-refractivity contribution in [2.75, 3.05) is 52.4 Å². The highest BCUT2D eigenvalue weighted by Gasteiger charge is 2.35. The molecule has 328 valence electrons. The summed E-state index contributed by atoms with van der Waals surface area (Å²) < 4.78 is 42.1. The van der Waals surface area contributed by atoms with Crippen LogP contribution in [-0.2, 0) is 29.2 Å². The SMILES string of the molecule is C#CCOCC(O)COc1ccc(C2(c3ccc(OCC(C)CO)cc3)CCCCC2)cc1.C=CC(=O)NC(C)(C)C.CC(C)(C)N1CC1.CC(C)(C)OS(C)(=O)=O. The van der Waals surface area contributed by atoms with Crippen molar-refractivity contribution in [3.05, 3.63) is 72.3 Å². The maximum absolute atomic E-state index is 10.6. The number of aliphatic hydroxyl groups excluding tert-OH is 2. The number of ether oxygens (including phenoxy) is 3. The molecule has 12 heteroatoms. The maximum atomic E-state index is 10.6. The molecule has 2 aromatic rings. The summed E-state index contributed by atoms with van der Waals surface area (Å²) in [6.07, 6.45) is 12.6. The number of nitrogens with one attached hydrogen (secondary N) is 1. The average Bonchev–Trinajstić information content (AvgIpc) is 3.99. The van der Waals surface area contributed by atoms with Crippen LogP contribution in [0.4, 0.5) is 0 Å². The minimum atomic E-state index is -3.28. The standard InChI is InChI=1S/C28H36O5.C7H13NO.C6H13N.C5H12O3S/c1-3-17-31-20-25(30)21-33-27-13-9-24(10-14-27)28(15-5-4-6-16-28)23-7-11-26(12-8-23)32-19-22(2)18-29;1-5-6(9)8-7(2,3)4;1-6(2,3)7-4-5-7;1-5(2,3)8-9(4,6)7/h1,7-14,22,25,29-30H,4-6,15-21H2,2H3;5H,1H2,2-4H3,(H,8,9);4-5H2,1-3H3;1-4H3. The predicted molar refractivity (Wildman–Crippen MR) is 235 cm³/mol. The Morgan fingerprint density at radius 3 is 1.69 bits per heavy atom. The van der Waals surface area contributed by atoms with Gasteiger partial charge in [-0.2, -0.15) is 8.42 Å². The Hall–Kier alpha value is -3.44. The summed E-state index contributed by atoms with van der Waals surface area (Å²) in [4.78, 5) is 13.0. The van der Waals surface area contributed by atoms with E-state index in [0.29, 0.717) is 12.1 Å². The van der Waals surface area contributed by atoms with E-state index >= 15 is 0 Å². The van der Waals surface area contributed by atoms with E-state index in [9.17, 15) is 23.4 Å². The van der Waals surface area contributed by atoms with Crippen LogP contribution >= 0.6 is 0 Å². The molecule has 11 nitrogen and oxygen atoms in total. The van der Waals surface area contributed by atoms with Crippen molar-refractivity contribution in [1.82, 2.24) is 10.2 Å². The Labute approximate surface area is 351 Å². The van der Waals surface area contributed by atoms with Crippen molar-refractivity contribution in [3.63, 3.8) is 0 Å². The average molecular weight is 831 g/mol. The van der Waals surface area contributed by atoms with Crippen molar-refractivity contribution in [1.29, 1.82) is 0 Å². The van der Waals surface area contributed by atoms with Crippen molar-refractivity contribution in [2.24, 2.45) is 5.92 Å². The highest BCUT2D eigenvalue weighted by molar-refractivity contribution is 7.86. The normalized spacial score (nSPS) is 16.2. The van der Waals surface area contributed by atoms with Gasteiger partial charge < -0.3 is 29.7 Å². The first-order valence-corrected chi connectivity index (χ1v) is 22.0. The Bertz CT molecular complexity index is 1620. The van der Waals surface area contributed by atoms with E-state index in [2.05, 4.69) is 71.9 Å². The van der Waals surface area contributed by atoms with Crippen LogP contribution in [0.15, 0.2) is 61.2 Å². The lowest BCUT2D eigenvalue weighted by molar-refractivity contribution is -0.117. The molecule has 58 heavy (non-hydrogen) atoms. The topological polar surface area (TPSA) is 144 Å². The van der Waals surface area contributed by atoms with Gasteiger partial charge in [-0.25, -0.2) is 0 Å². The molecule has 1 aliphatic heterocycles. The first kappa shape index (κ1) is 52.6. The van der Waals surface area contributed by atoms with E-state index in [1.165, 1.54) is 49.6 Å². The van der Waals surface area contributed by atoms with Gasteiger partial charge in [-0.15, -0.1) is 6.42 Å². The fourth-order valence-electron chi connectivity index (χ4n) is 6.02. The number of rotatable bonds is 14. The summed E-state index contributed by atoms with van der Waals surface area (Å²) in [5, 5.41) is 21.9. The molecule has 0 radical (unpaired) electrons. The molecule has 4 rings (SSSR count). The number of carbonyl (C=O) groups excluding carboxylic acids is 1. The summed E-state index contributed by atoms with van der Waals surface area (Å²) in [5.41, 5.74) is 2.27. The number of hydrogen-bond donors (Lipinski definition) is 3. The lowest BCUT2D eigenvalue weighted by Gasteiger charge is -2.38. The molecule has 2 atom stereocenters. The zero-order chi connectivity index (χ0) is 44.2. The van der Waals surface area contributed by atoms with Crippen molar-refractivity contribution in [3.8, 4) is 23.8 Å². The number of terminal acetylenes is 1. The molecule has 1 aliphatic carbocycles. The van der Waals surface area contributed by atoms with Crippen LogP contribution in [0.2, 0.25) is 0 Å². The van der Waals surface area contributed by atoms with E-state index in [4.69, 9.17) is 20.6 Å². The lowest BCUT2D eigenvalue weighted by atomic mass is 9.65. The van der Waals surface area contributed by atoms with Crippen LogP contribution in [0.5, 0.6) is 11.5 Å². The molecule has 1 heterocycles. The van der Waals surface area contributed by atoms with Crippen molar-refractivity contribution in [2.45, 2.75) is 130 Å². The third kappa shape index (κ3) is 23.2. The van der Waals surface area contributed by atoms with Gasteiger partial charge in [0, 0.05) is 42.1 Å². The Morgan fingerprint density at radius 2 is 1.38 bits per heavy atom. The van der Waals surface area contributed by atoms with Gasteiger partial charge in [-0.3, -0.25) is 13.9 Å². The second-order valence-electron chi connectivity index (χ2n) is 18.0. The molecule has 2 unspecified atom stereocenters. The van der Waals surface area contributed by atoms with E-state index in [0.717, 1.165) is 30.6 Å². The fraction of sp³-hybridized carbons (Fsp3) is 0.630. The zero-order valence-corrected chi connectivity index (χ0v) is 38.0. The molecule has 0 aromatic heterocycles. The number of aliphatic hydroxyl groups is 2. The van der Waals surface area contributed by atoms with E-state index in [-0.39, 0.29) is 49.2 Å². The molecular weight excluding hydrogens is 757 g/mol. The minimum Gasteiger partial charge on any atom is -0.493 e. The summed E-state index contributed by atoms with van der Waals surface area (Å²) in [6, 6.07) is 16.7. The number of hydrogen-bond acceptors (Lipinski definition) is 10. The number of nitrogens with zero attached hydrogens (tertiary/aromatic N) is 1. The third-order valence-electron chi connectivity index (χ3n) is 8.79. The van der Waals surface area contributed by atoms with Gasteiger partial charge in [0.2, 0.25) is 5.91 Å². The van der Waals surface area contributed by atoms with Gasteiger partial charge in [-0.05, 0) is 117 Å². The van der Waals surface area contributed by atoms with Gasteiger partial charge in [0.25, 0.3) is 10.1 Å². The van der Waals surface area contributed by atoms with Gasteiger partial charge in [0.15, 0.2) is 0 Å². The van der Waals surface area contributed by atoms with Crippen LogP contribution in [0.3, 0.4) is 0 Å².